The number of rotatable bonds is 5. The number of likely N-dealkylation sites (N-methyl/N-ethyl adjacent to an activating group) is 1. The predicted octanol–water partition coefficient (Wildman–Crippen LogP) is 2.30. The molecule has 2 aromatic rings. The molecule has 4 atom stereocenters. The highest BCUT2D eigenvalue weighted by molar-refractivity contribution is 5.47. The Kier molecular flexibility index (Phi) is 4.13. The molecule has 0 bridgehead atoms. The predicted molar refractivity (Wildman–Crippen MR) is 101 cm³/mol. The van der Waals surface area contributed by atoms with Gasteiger partial charge >= 0.3 is 0 Å². The second-order valence-corrected chi connectivity index (χ2v) is 8.67. The number of nitrogens with zero attached hydrogens (tertiary/aromatic N) is 5. The summed E-state index contributed by atoms with van der Waals surface area (Å²) in [4.78, 5) is 4.81. The summed E-state index contributed by atoms with van der Waals surface area (Å²) in [7, 11) is 4.41. The van der Waals surface area contributed by atoms with Crippen molar-refractivity contribution in [3.63, 3.8) is 0 Å². The molecular weight excluding hydrogens is 326 g/mol. The maximum absolute atomic E-state index is 6.39. The van der Waals surface area contributed by atoms with E-state index in [0.29, 0.717) is 18.1 Å². The highest BCUT2D eigenvalue weighted by Crippen LogP contribution is 2.41. The van der Waals surface area contributed by atoms with Crippen LogP contribution in [0.25, 0.3) is 5.65 Å². The number of ether oxygens (including phenoxy) is 1. The number of hydrogen-bond acceptors (Lipinski definition) is 5. The average molecular weight is 355 g/mol. The van der Waals surface area contributed by atoms with Gasteiger partial charge in [0.1, 0.15) is 0 Å². The molecule has 0 radical (unpaired) electrons. The molecule has 0 spiro atoms. The van der Waals surface area contributed by atoms with E-state index in [0.717, 1.165) is 43.1 Å². The van der Waals surface area contributed by atoms with Crippen molar-refractivity contribution < 1.29 is 4.74 Å². The van der Waals surface area contributed by atoms with E-state index < -0.39 is 0 Å². The van der Waals surface area contributed by atoms with Crippen molar-refractivity contribution in [3.8, 4) is 0 Å². The van der Waals surface area contributed by atoms with Crippen molar-refractivity contribution in [3.05, 3.63) is 24.4 Å². The molecule has 0 N–H and O–H groups in total. The van der Waals surface area contributed by atoms with Gasteiger partial charge in [0, 0.05) is 31.9 Å². The van der Waals surface area contributed by atoms with Gasteiger partial charge in [-0.2, -0.15) is 0 Å². The van der Waals surface area contributed by atoms with Crippen LogP contribution in [-0.2, 0) is 4.74 Å². The minimum Gasteiger partial charge on any atom is -0.376 e. The molecule has 2 saturated carbocycles. The molecule has 26 heavy (non-hydrogen) atoms. The third-order valence-corrected chi connectivity index (χ3v) is 6.57. The fourth-order valence-corrected chi connectivity index (χ4v) is 4.86. The number of anilines is 1. The van der Waals surface area contributed by atoms with Crippen molar-refractivity contribution >= 4 is 11.6 Å². The van der Waals surface area contributed by atoms with E-state index in [-0.39, 0.29) is 0 Å². The van der Waals surface area contributed by atoms with Crippen LogP contribution in [0.2, 0.25) is 0 Å². The molecule has 1 aliphatic heterocycles. The summed E-state index contributed by atoms with van der Waals surface area (Å²) < 4.78 is 8.50. The molecule has 0 unspecified atom stereocenters. The van der Waals surface area contributed by atoms with E-state index in [4.69, 9.17) is 4.74 Å². The SMILES string of the molecule is CN(C)[C@@H]1C[C@@H]2CN(c3nnc4ccccn34)C[C@@H]2C[C@H]1OCC1CC1. The molecule has 6 heteroatoms. The van der Waals surface area contributed by atoms with Gasteiger partial charge in [-0.15, -0.1) is 10.2 Å². The van der Waals surface area contributed by atoms with Crippen LogP contribution in [0.4, 0.5) is 5.95 Å². The van der Waals surface area contributed by atoms with E-state index in [1.54, 1.807) is 0 Å². The Morgan fingerprint density at radius 2 is 1.92 bits per heavy atom. The zero-order valence-electron chi connectivity index (χ0n) is 15.8. The first-order chi connectivity index (χ1) is 12.7. The first-order valence-electron chi connectivity index (χ1n) is 10.0. The topological polar surface area (TPSA) is 45.9 Å². The number of hydrogen-bond donors (Lipinski definition) is 0. The van der Waals surface area contributed by atoms with Crippen molar-refractivity contribution in [1.29, 1.82) is 0 Å². The minimum absolute atomic E-state index is 0.377. The van der Waals surface area contributed by atoms with Crippen LogP contribution in [0.1, 0.15) is 25.7 Å². The minimum atomic E-state index is 0.377. The van der Waals surface area contributed by atoms with Crippen LogP contribution in [0, 0.1) is 17.8 Å². The molecule has 2 aliphatic carbocycles. The van der Waals surface area contributed by atoms with Gasteiger partial charge < -0.3 is 14.5 Å². The first-order valence-corrected chi connectivity index (χ1v) is 10.0. The number of pyridine rings is 1. The molecule has 0 aromatic carbocycles. The van der Waals surface area contributed by atoms with E-state index >= 15 is 0 Å². The van der Waals surface area contributed by atoms with Crippen LogP contribution < -0.4 is 4.90 Å². The quantitative estimate of drug-likeness (QED) is 0.824. The third-order valence-electron chi connectivity index (χ3n) is 6.57. The Hall–Kier alpha value is -1.66. The fourth-order valence-electron chi connectivity index (χ4n) is 4.86. The Morgan fingerprint density at radius 3 is 2.69 bits per heavy atom. The highest BCUT2D eigenvalue weighted by atomic mass is 16.5. The maximum Gasteiger partial charge on any atom is 0.231 e. The summed E-state index contributed by atoms with van der Waals surface area (Å²) in [5.41, 5.74) is 0.925. The van der Waals surface area contributed by atoms with Crippen LogP contribution in [0.3, 0.4) is 0 Å². The van der Waals surface area contributed by atoms with Crippen LogP contribution >= 0.6 is 0 Å². The smallest absolute Gasteiger partial charge is 0.231 e. The maximum atomic E-state index is 6.39. The summed E-state index contributed by atoms with van der Waals surface area (Å²) in [6.45, 7) is 3.12. The monoisotopic (exact) mass is 355 g/mol. The molecule has 2 aromatic heterocycles. The van der Waals surface area contributed by atoms with Crippen molar-refractivity contribution in [2.45, 2.75) is 37.8 Å². The Morgan fingerprint density at radius 1 is 1.12 bits per heavy atom. The highest BCUT2D eigenvalue weighted by Gasteiger charge is 2.44. The lowest BCUT2D eigenvalue weighted by atomic mass is 9.77. The van der Waals surface area contributed by atoms with Crippen molar-refractivity contribution in [1.82, 2.24) is 19.5 Å². The molecule has 3 aliphatic rings. The van der Waals surface area contributed by atoms with E-state index in [2.05, 4.69) is 44.7 Å². The fraction of sp³-hybridized carbons (Fsp3) is 0.700. The number of fused-ring (bicyclic) bond motifs is 2. The lowest BCUT2D eigenvalue weighted by Crippen LogP contribution is -2.48. The second kappa shape index (κ2) is 6.50. The van der Waals surface area contributed by atoms with E-state index in [1.165, 1.54) is 25.7 Å². The van der Waals surface area contributed by atoms with Crippen LogP contribution in [0.15, 0.2) is 24.4 Å². The van der Waals surface area contributed by atoms with Gasteiger partial charge in [-0.25, -0.2) is 0 Å². The standard InChI is InChI=1S/C20H29N5O/c1-23(2)17-9-15-11-24(20-22-21-19-5-3-4-8-25(19)20)12-16(15)10-18(17)26-13-14-6-7-14/h3-5,8,14-18H,6-7,9-13H2,1-2H3/t15-,16+,17-,18-/m1/s1. The van der Waals surface area contributed by atoms with Crippen LogP contribution in [-0.4, -0.2) is 65.4 Å². The summed E-state index contributed by atoms with van der Waals surface area (Å²) >= 11 is 0. The van der Waals surface area contributed by atoms with Gasteiger partial charge in [-0.1, -0.05) is 6.07 Å². The largest absolute Gasteiger partial charge is 0.376 e. The van der Waals surface area contributed by atoms with Gasteiger partial charge in [0.05, 0.1) is 6.10 Å². The van der Waals surface area contributed by atoms with Crippen LogP contribution in [0.5, 0.6) is 0 Å². The second-order valence-electron chi connectivity index (χ2n) is 8.67. The summed E-state index contributed by atoms with van der Waals surface area (Å²) in [6, 6.07) is 6.61. The summed E-state index contributed by atoms with van der Waals surface area (Å²) in [6.07, 6.45) is 7.56. The van der Waals surface area contributed by atoms with Gasteiger partial charge in [-0.3, -0.25) is 4.40 Å². The Labute approximate surface area is 155 Å². The number of aromatic nitrogens is 3. The average Bonchev–Trinajstić information content (AvgIpc) is 3.22. The Balaban J connectivity index is 1.33. The zero-order valence-corrected chi connectivity index (χ0v) is 15.8. The molecule has 3 heterocycles. The molecule has 140 valence electrons. The molecule has 5 rings (SSSR count). The van der Waals surface area contributed by atoms with E-state index in [1.807, 2.05) is 18.2 Å². The molecule has 0 amide bonds. The summed E-state index contributed by atoms with van der Waals surface area (Å²) in [5.74, 6) is 3.25. The molecular formula is C20H29N5O. The van der Waals surface area contributed by atoms with Gasteiger partial charge in [0.15, 0.2) is 5.65 Å². The van der Waals surface area contributed by atoms with Gasteiger partial charge in [0.25, 0.3) is 0 Å². The van der Waals surface area contributed by atoms with Gasteiger partial charge in [-0.05, 0) is 69.7 Å². The normalized spacial score (nSPS) is 31.7. The van der Waals surface area contributed by atoms with Gasteiger partial charge in [0.2, 0.25) is 5.95 Å². The zero-order chi connectivity index (χ0) is 17.7. The summed E-state index contributed by atoms with van der Waals surface area (Å²) in [5, 5.41) is 8.81. The first kappa shape index (κ1) is 16.5. The van der Waals surface area contributed by atoms with E-state index in [9.17, 15) is 0 Å². The van der Waals surface area contributed by atoms with Crippen molar-refractivity contribution in [2.24, 2.45) is 17.8 Å². The molecule has 6 nitrogen and oxygen atoms in total. The third kappa shape index (κ3) is 2.99. The lowest BCUT2D eigenvalue weighted by Gasteiger charge is -2.41. The lowest BCUT2D eigenvalue weighted by molar-refractivity contribution is -0.0493. The molecule has 1 saturated heterocycles. The Bertz CT molecular complexity index is 770. The molecule has 3 fully saturated rings. The van der Waals surface area contributed by atoms with Crippen molar-refractivity contribution in [2.75, 3.05) is 38.7 Å².